The van der Waals surface area contributed by atoms with Crippen molar-refractivity contribution in [1.82, 2.24) is 10.7 Å². The Morgan fingerprint density at radius 1 is 1.10 bits per heavy atom. The molecule has 2 rings (SSSR count). The van der Waals surface area contributed by atoms with Gasteiger partial charge in [-0.15, -0.1) is 0 Å². The molecule has 2 aromatic carbocycles. The van der Waals surface area contributed by atoms with Crippen molar-refractivity contribution in [2.45, 2.75) is 6.61 Å². The van der Waals surface area contributed by atoms with Crippen molar-refractivity contribution in [3.05, 3.63) is 65.2 Å². The van der Waals surface area contributed by atoms with Crippen LogP contribution in [-0.4, -0.2) is 44.3 Å². The molecule has 2 aromatic rings. The molecule has 2 N–H and O–H groups in total. The maximum atomic E-state index is 11.6. The van der Waals surface area contributed by atoms with Gasteiger partial charge < -0.3 is 24.7 Å². The third-order valence-electron chi connectivity index (χ3n) is 3.63. The molecule has 0 aliphatic carbocycles. The van der Waals surface area contributed by atoms with Crippen molar-refractivity contribution in [2.24, 2.45) is 5.10 Å². The van der Waals surface area contributed by atoms with Gasteiger partial charge in [0.15, 0.2) is 0 Å². The van der Waals surface area contributed by atoms with Crippen LogP contribution in [0.3, 0.4) is 0 Å². The molecule has 0 unspecified atom stereocenters. The number of carboxylic acids is 1. The van der Waals surface area contributed by atoms with Crippen molar-refractivity contribution in [2.75, 3.05) is 20.3 Å². The lowest BCUT2D eigenvalue weighted by molar-refractivity contribution is -0.255. The first-order valence-electron chi connectivity index (χ1n) is 8.63. The lowest BCUT2D eigenvalue weighted by atomic mass is 10.1. The molecule has 2 amide bonds. The van der Waals surface area contributed by atoms with Gasteiger partial charge in [-0.05, 0) is 28.8 Å². The number of methoxy groups -OCH3 is 1. The van der Waals surface area contributed by atoms with Crippen LogP contribution in [0.4, 0.5) is 0 Å². The van der Waals surface area contributed by atoms with E-state index in [4.69, 9.17) is 9.47 Å². The summed E-state index contributed by atoms with van der Waals surface area (Å²) in [6.45, 7) is 0.768. The predicted octanol–water partition coefficient (Wildman–Crippen LogP) is -0.158. The molecular weight excluding hydrogens is 378 g/mol. The number of hydrogen-bond acceptors (Lipinski definition) is 7. The summed E-state index contributed by atoms with van der Waals surface area (Å²) in [6.07, 6.45) is 1.38. The molecule has 0 aromatic heterocycles. The molecule has 0 aliphatic heterocycles. The zero-order valence-corrected chi connectivity index (χ0v) is 15.7. The molecule has 0 aliphatic rings. The summed E-state index contributed by atoms with van der Waals surface area (Å²) in [4.78, 5) is 33.8. The Labute approximate surface area is 167 Å². The van der Waals surface area contributed by atoms with E-state index in [2.05, 4.69) is 15.8 Å². The Balaban J connectivity index is 1.85. The monoisotopic (exact) mass is 398 g/mol. The highest BCUT2D eigenvalue weighted by molar-refractivity contribution is 6.35. The Bertz CT molecular complexity index is 880. The Kier molecular flexibility index (Phi) is 8.33. The van der Waals surface area contributed by atoms with E-state index in [9.17, 15) is 19.5 Å². The van der Waals surface area contributed by atoms with E-state index in [0.717, 1.165) is 5.56 Å². The van der Waals surface area contributed by atoms with E-state index in [-0.39, 0.29) is 18.7 Å². The number of nitrogens with one attached hydrogen (secondary N) is 2. The Hall–Kier alpha value is -3.72. The number of benzene rings is 2. The van der Waals surface area contributed by atoms with Gasteiger partial charge in [0.25, 0.3) is 0 Å². The normalized spacial score (nSPS) is 10.5. The van der Waals surface area contributed by atoms with Crippen LogP contribution in [0.1, 0.15) is 21.5 Å². The number of carboxylic acid groups (broad SMARTS) is 1. The van der Waals surface area contributed by atoms with Gasteiger partial charge >= 0.3 is 11.8 Å². The first-order valence-corrected chi connectivity index (χ1v) is 8.63. The fraction of sp³-hybridized carbons (Fsp3) is 0.200. The van der Waals surface area contributed by atoms with Gasteiger partial charge in [-0.25, -0.2) is 5.43 Å². The third-order valence-corrected chi connectivity index (χ3v) is 3.63. The topological polar surface area (TPSA) is 129 Å². The molecule has 0 saturated heterocycles. The van der Waals surface area contributed by atoms with Crippen LogP contribution < -0.4 is 20.6 Å². The number of carbonyl (C=O) groups excluding carboxylic acids is 3. The molecule has 0 heterocycles. The van der Waals surface area contributed by atoms with Gasteiger partial charge in [-0.3, -0.25) is 9.59 Å². The number of ether oxygens (including phenoxy) is 2. The van der Waals surface area contributed by atoms with Crippen LogP contribution in [0.15, 0.2) is 53.6 Å². The van der Waals surface area contributed by atoms with Crippen molar-refractivity contribution < 1.29 is 29.0 Å². The quantitative estimate of drug-likeness (QED) is 0.261. The Morgan fingerprint density at radius 2 is 1.86 bits per heavy atom. The van der Waals surface area contributed by atoms with Gasteiger partial charge in [0, 0.05) is 13.7 Å². The summed E-state index contributed by atoms with van der Waals surface area (Å²) in [7, 11) is 1.49. The van der Waals surface area contributed by atoms with E-state index in [1.807, 2.05) is 0 Å². The van der Waals surface area contributed by atoms with Crippen molar-refractivity contribution >= 4 is 24.0 Å². The number of hydrogen-bond donors (Lipinski definition) is 2. The smallest absolute Gasteiger partial charge is 0.329 e. The molecule has 29 heavy (non-hydrogen) atoms. The first-order chi connectivity index (χ1) is 14.0. The average molecular weight is 398 g/mol. The highest BCUT2D eigenvalue weighted by Gasteiger charge is 2.11. The minimum absolute atomic E-state index is 0.0985. The molecule has 0 bridgehead atoms. The number of nitrogens with zero attached hydrogens (tertiary/aromatic N) is 1. The van der Waals surface area contributed by atoms with Gasteiger partial charge in [0.1, 0.15) is 12.4 Å². The molecule has 0 atom stereocenters. The molecule has 0 radical (unpaired) electrons. The van der Waals surface area contributed by atoms with Gasteiger partial charge in [-0.2, -0.15) is 5.10 Å². The van der Waals surface area contributed by atoms with Crippen LogP contribution in [0.5, 0.6) is 5.75 Å². The predicted molar refractivity (Wildman–Crippen MR) is 102 cm³/mol. The molecule has 0 saturated carbocycles. The minimum Gasteiger partial charge on any atom is -0.545 e. The minimum atomic E-state index is -1.23. The number of hydrazone groups is 1. The largest absolute Gasteiger partial charge is 0.545 e. The van der Waals surface area contributed by atoms with E-state index < -0.39 is 17.8 Å². The van der Waals surface area contributed by atoms with Crippen LogP contribution in [0.25, 0.3) is 0 Å². The number of amides is 2. The second-order valence-electron chi connectivity index (χ2n) is 5.79. The van der Waals surface area contributed by atoms with Crippen LogP contribution in [0.2, 0.25) is 0 Å². The molecular formula is C20H20N3O6-. The SMILES string of the molecule is COCCNC(=O)C(=O)N/N=C\c1cccc(OCc2ccc(C(=O)[O-])cc2)c1. The van der Waals surface area contributed by atoms with Crippen molar-refractivity contribution in [1.29, 1.82) is 0 Å². The van der Waals surface area contributed by atoms with Crippen molar-refractivity contribution in [3.8, 4) is 5.75 Å². The summed E-state index contributed by atoms with van der Waals surface area (Å²) in [6, 6.07) is 13.1. The lowest BCUT2D eigenvalue weighted by Gasteiger charge is -2.08. The highest BCUT2D eigenvalue weighted by Crippen LogP contribution is 2.14. The molecule has 9 nitrogen and oxygen atoms in total. The fourth-order valence-electron chi connectivity index (χ4n) is 2.15. The molecule has 9 heteroatoms. The fourth-order valence-corrected chi connectivity index (χ4v) is 2.15. The second kappa shape index (κ2) is 11.2. The zero-order valence-electron chi connectivity index (χ0n) is 15.7. The summed E-state index contributed by atoms with van der Waals surface area (Å²) in [5.74, 6) is -2.36. The first kappa shape index (κ1) is 21.6. The van der Waals surface area contributed by atoms with Crippen molar-refractivity contribution in [3.63, 3.8) is 0 Å². The number of rotatable bonds is 9. The number of carbonyl (C=O) groups is 3. The van der Waals surface area contributed by atoms with Crippen LogP contribution in [-0.2, 0) is 20.9 Å². The highest BCUT2D eigenvalue weighted by atomic mass is 16.5. The van der Waals surface area contributed by atoms with E-state index >= 15 is 0 Å². The maximum Gasteiger partial charge on any atom is 0.329 e. The Morgan fingerprint density at radius 3 is 2.55 bits per heavy atom. The van der Waals surface area contributed by atoms with E-state index in [1.165, 1.54) is 25.5 Å². The molecule has 0 spiro atoms. The summed E-state index contributed by atoms with van der Waals surface area (Å²) < 4.78 is 10.4. The summed E-state index contributed by atoms with van der Waals surface area (Å²) in [5.41, 5.74) is 3.67. The van der Waals surface area contributed by atoms with Gasteiger partial charge in [0.2, 0.25) is 0 Å². The van der Waals surface area contributed by atoms with Gasteiger partial charge in [0.05, 0.1) is 18.8 Å². The molecule has 0 fully saturated rings. The summed E-state index contributed by atoms with van der Waals surface area (Å²) >= 11 is 0. The van der Waals surface area contributed by atoms with Gasteiger partial charge in [-0.1, -0.05) is 36.4 Å². The standard InChI is InChI=1S/C20H21N3O6/c1-28-10-9-21-18(24)19(25)23-22-12-15-3-2-4-17(11-15)29-13-14-5-7-16(8-6-14)20(26)27/h2-8,11-12H,9-10,13H2,1H3,(H,21,24)(H,23,25)(H,26,27)/p-1/b22-12-. The number of aromatic carboxylic acids is 1. The average Bonchev–Trinajstić information content (AvgIpc) is 2.73. The van der Waals surface area contributed by atoms with Crippen LogP contribution in [0, 0.1) is 0 Å². The second-order valence-corrected chi connectivity index (χ2v) is 5.79. The van der Waals surface area contributed by atoms with E-state index in [0.29, 0.717) is 17.9 Å². The van der Waals surface area contributed by atoms with E-state index in [1.54, 1.807) is 36.4 Å². The molecule has 152 valence electrons. The zero-order chi connectivity index (χ0) is 21.1. The third kappa shape index (κ3) is 7.43. The van der Waals surface area contributed by atoms with Crippen LogP contribution >= 0.6 is 0 Å². The maximum absolute atomic E-state index is 11.6. The summed E-state index contributed by atoms with van der Waals surface area (Å²) in [5, 5.41) is 16.9. The lowest BCUT2D eigenvalue weighted by Crippen LogP contribution is -2.39.